The normalized spacial score (nSPS) is 56.3. The Kier molecular flexibility index (Phi) is 2.36. The molecule has 0 spiro atoms. The van der Waals surface area contributed by atoms with Gasteiger partial charge < -0.3 is 5.11 Å². The SMILES string of the molecule is CC1(C(=O)O)CC2(C)C(C34C=CC(CC3)C4)CC1C2(C)C. The van der Waals surface area contributed by atoms with E-state index in [1.165, 1.54) is 19.3 Å². The van der Waals surface area contributed by atoms with E-state index in [0.29, 0.717) is 17.3 Å². The van der Waals surface area contributed by atoms with E-state index in [9.17, 15) is 9.90 Å². The minimum atomic E-state index is -0.577. The molecule has 4 aliphatic carbocycles. The van der Waals surface area contributed by atoms with Gasteiger partial charge in [-0.15, -0.1) is 0 Å². The summed E-state index contributed by atoms with van der Waals surface area (Å²) in [5, 5.41) is 9.81. The molecule has 2 nitrogen and oxygen atoms in total. The molecule has 4 aliphatic rings. The fourth-order valence-corrected chi connectivity index (χ4v) is 7.25. The highest BCUT2D eigenvalue weighted by Crippen LogP contribution is 2.78. The number of carboxylic acid groups (broad SMARTS) is 1. The number of fused-ring (bicyclic) bond motifs is 4. The maximum atomic E-state index is 11.9. The molecular formula is C19H28O2. The average molecular weight is 288 g/mol. The quantitative estimate of drug-likeness (QED) is 0.759. The summed E-state index contributed by atoms with van der Waals surface area (Å²) in [7, 11) is 0. The summed E-state index contributed by atoms with van der Waals surface area (Å²) in [5.41, 5.74) is 0.166. The van der Waals surface area contributed by atoms with Gasteiger partial charge in [-0.3, -0.25) is 4.79 Å². The lowest BCUT2D eigenvalue weighted by Gasteiger charge is -2.48. The van der Waals surface area contributed by atoms with Crippen LogP contribution in [-0.2, 0) is 4.79 Å². The summed E-state index contributed by atoms with van der Waals surface area (Å²) in [6, 6.07) is 0. The third-order valence-corrected chi connectivity index (χ3v) is 8.59. The van der Waals surface area contributed by atoms with E-state index in [0.717, 1.165) is 18.8 Å². The van der Waals surface area contributed by atoms with Crippen molar-refractivity contribution in [3.05, 3.63) is 12.2 Å². The van der Waals surface area contributed by atoms with Gasteiger partial charge in [-0.2, -0.15) is 0 Å². The topological polar surface area (TPSA) is 37.3 Å². The highest BCUT2D eigenvalue weighted by molar-refractivity contribution is 5.76. The van der Waals surface area contributed by atoms with Crippen molar-refractivity contribution >= 4 is 5.97 Å². The zero-order valence-corrected chi connectivity index (χ0v) is 13.8. The summed E-state index contributed by atoms with van der Waals surface area (Å²) >= 11 is 0. The number of carboxylic acids is 1. The van der Waals surface area contributed by atoms with Gasteiger partial charge in [-0.25, -0.2) is 0 Å². The van der Waals surface area contributed by atoms with Crippen LogP contribution in [0.2, 0.25) is 0 Å². The summed E-state index contributed by atoms with van der Waals surface area (Å²) < 4.78 is 0. The van der Waals surface area contributed by atoms with Crippen LogP contribution in [0.3, 0.4) is 0 Å². The first-order chi connectivity index (χ1) is 9.66. The summed E-state index contributed by atoms with van der Waals surface area (Å²) in [5.74, 6) is 1.23. The first-order valence-electron chi connectivity index (χ1n) is 8.58. The number of aliphatic carboxylic acids is 1. The Balaban J connectivity index is 1.77. The lowest BCUT2D eigenvalue weighted by atomic mass is 9.56. The molecule has 0 radical (unpaired) electrons. The van der Waals surface area contributed by atoms with E-state index in [2.05, 4.69) is 32.9 Å². The number of hydrogen-bond acceptors (Lipinski definition) is 1. The van der Waals surface area contributed by atoms with Crippen molar-refractivity contribution in [2.45, 2.75) is 59.8 Å². The third kappa shape index (κ3) is 1.34. The fraction of sp³-hybridized carbons (Fsp3) is 0.842. The zero-order valence-electron chi connectivity index (χ0n) is 13.8. The Bertz CT molecular complexity index is 548. The molecule has 3 saturated carbocycles. The van der Waals surface area contributed by atoms with E-state index >= 15 is 0 Å². The Labute approximate surface area is 128 Å². The van der Waals surface area contributed by atoms with E-state index in [4.69, 9.17) is 0 Å². The van der Waals surface area contributed by atoms with Crippen LogP contribution in [0.25, 0.3) is 0 Å². The van der Waals surface area contributed by atoms with Gasteiger partial charge >= 0.3 is 5.97 Å². The second-order valence-electron chi connectivity index (χ2n) is 9.47. The van der Waals surface area contributed by atoms with E-state index in [1.807, 2.05) is 6.92 Å². The first kappa shape index (κ1) is 13.8. The van der Waals surface area contributed by atoms with Gasteiger partial charge in [0.05, 0.1) is 5.41 Å². The molecule has 6 atom stereocenters. The fourth-order valence-electron chi connectivity index (χ4n) is 7.25. The maximum Gasteiger partial charge on any atom is 0.309 e. The average Bonchev–Trinajstić information content (AvgIpc) is 3.06. The lowest BCUT2D eigenvalue weighted by molar-refractivity contribution is -0.153. The van der Waals surface area contributed by atoms with Crippen LogP contribution in [-0.4, -0.2) is 11.1 Å². The largest absolute Gasteiger partial charge is 0.481 e. The molecule has 1 N–H and O–H groups in total. The van der Waals surface area contributed by atoms with E-state index in [-0.39, 0.29) is 10.8 Å². The molecule has 2 heteroatoms. The van der Waals surface area contributed by atoms with Crippen LogP contribution in [0.4, 0.5) is 0 Å². The van der Waals surface area contributed by atoms with E-state index in [1.54, 1.807) is 0 Å². The van der Waals surface area contributed by atoms with Crippen molar-refractivity contribution < 1.29 is 9.90 Å². The van der Waals surface area contributed by atoms with Crippen LogP contribution in [0.5, 0.6) is 0 Å². The molecule has 0 aromatic carbocycles. The molecule has 0 aromatic heterocycles. The highest BCUT2D eigenvalue weighted by Gasteiger charge is 2.74. The van der Waals surface area contributed by atoms with Crippen molar-refractivity contribution in [3.63, 3.8) is 0 Å². The van der Waals surface area contributed by atoms with Gasteiger partial charge in [0.15, 0.2) is 0 Å². The van der Waals surface area contributed by atoms with Crippen LogP contribution in [0, 0.1) is 39.4 Å². The van der Waals surface area contributed by atoms with Crippen molar-refractivity contribution in [2.75, 3.05) is 0 Å². The van der Waals surface area contributed by atoms with Gasteiger partial charge in [0.1, 0.15) is 0 Å². The monoisotopic (exact) mass is 288 g/mol. The van der Waals surface area contributed by atoms with Crippen LogP contribution >= 0.6 is 0 Å². The molecule has 0 aromatic rings. The van der Waals surface area contributed by atoms with Crippen molar-refractivity contribution in [1.82, 2.24) is 0 Å². The predicted octanol–water partition coefficient (Wildman–Crippen LogP) is 4.51. The van der Waals surface area contributed by atoms with Crippen LogP contribution in [0.1, 0.15) is 59.8 Å². The summed E-state index contributed by atoms with van der Waals surface area (Å²) in [6.07, 6.45) is 11.0. The Hall–Kier alpha value is -0.790. The number of allylic oxidation sites excluding steroid dienone is 2. The van der Waals surface area contributed by atoms with Crippen molar-refractivity contribution in [1.29, 1.82) is 0 Å². The number of carbonyl (C=O) groups is 1. The van der Waals surface area contributed by atoms with Gasteiger partial charge in [0.2, 0.25) is 0 Å². The molecular weight excluding hydrogens is 260 g/mol. The smallest absolute Gasteiger partial charge is 0.309 e. The minimum absolute atomic E-state index is 0.133. The zero-order chi connectivity index (χ0) is 15.3. The van der Waals surface area contributed by atoms with Gasteiger partial charge in [0, 0.05) is 0 Å². The second-order valence-corrected chi connectivity index (χ2v) is 9.47. The standard InChI is InChI=1S/C19H28O2/c1-16(2)13-9-14(19-7-5-12(10-19)6-8-19)18(16,4)11-17(13,3)15(20)21/h5,7,12-14H,6,8-11H2,1-4H3,(H,20,21). The van der Waals surface area contributed by atoms with Crippen LogP contribution < -0.4 is 0 Å². The van der Waals surface area contributed by atoms with Gasteiger partial charge in [-0.1, -0.05) is 32.9 Å². The number of rotatable bonds is 2. The predicted molar refractivity (Wildman–Crippen MR) is 82.8 cm³/mol. The number of hydrogen-bond donors (Lipinski definition) is 1. The molecule has 0 amide bonds. The maximum absolute atomic E-state index is 11.9. The molecule has 3 fully saturated rings. The van der Waals surface area contributed by atoms with Crippen molar-refractivity contribution in [2.24, 2.45) is 39.4 Å². The summed E-state index contributed by atoms with van der Waals surface area (Å²) in [4.78, 5) is 11.9. The Morgan fingerprint density at radius 1 is 1.19 bits per heavy atom. The molecule has 0 aliphatic heterocycles. The van der Waals surface area contributed by atoms with Gasteiger partial charge in [0.25, 0.3) is 0 Å². The highest BCUT2D eigenvalue weighted by atomic mass is 16.4. The minimum Gasteiger partial charge on any atom is -0.481 e. The van der Waals surface area contributed by atoms with Crippen LogP contribution in [0.15, 0.2) is 12.2 Å². The molecule has 4 bridgehead atoms. The summed E-state index contributed by atoms with van der Waals surface area (Å²) in [6.45, 7) is 9.09. The first-order valence-corrected chi connectivity index (χ1v) is 8.58. The molecule has 0 saturated heterocycles. The second kappa shape index (κ2) is 3.58. The Morgan fingerprint density at radius 3 is 2.29 bits per heavy atom. The molecule has 21 heavy (non-hydrogen) atoms. The Morgan fingerprint density at radius 2 is 1.90 bits per heavy atom. The van der Waals surface area contributed by atoms with Crippen molar-refractivity contribution in [3.8, 4) is 0 Å². The van der Waals surface area contributed by atoms with Gasteiger partial charge in [-0.05, 0) is 73.0 Å². The molecule has 0 heterocycles. The molecule has 116 valence electrons. The van der Waals surface area contributed by atoms with E-state index < -0.39 is 11.4 Å². The lowest BCUT2D eigenvalue weighted by Crippen LogP contribution is -2.43. The molecule has 4 rings (SSSR count). The third-order valence-electron chi connectivity index (χ3n) is 8.59. The molecule has 6 unspecified atom stereocenters.